The molecule has 4 aromatic rings. The van der Waals surface area contributed by atoms with Crippen molar-refractivity contribution < 1.29 is 27.6 Å². The Morgan fingerprint density at radius 2 is 1.64 bits per heavy atom. The molecule has 42 heavy (non-hydrogen) atoms. The van der Waals surface area contributed by atoms with Crippen molar-refractivity contribution in [3.05, 3.63) is 110 Å². The smallest absolute Gasteiger partial charge is 0.325 e. The zero-order chi connectivity index (χ0) is 29.8. The molecule has 1 saturated heterocycles. The maximum atomic E-state index is 13.8. The molecule has 1 N–H and O–H groups in total. The summed E-state index contributed by atoms with van der Waals surface area (Å²) in [6, 6.07) is 19.6. The van der Waals surface area contributed by atoms with Crippen molar-refractivity contribution in [2.24, 2.45) is 5.92 Å². The number of rotatable bonds is 5. The maximum absolute atomic E-state index is 13.8. The molecule has 3 heterocycles. The molecule has 2 aliphatic heterocycles. The van der Waals surface area contributed by atoms with Crippen LogP contribution in [0.3, 0.4) is 0 Å². The molecule has 3 atom stereocenters. The van der Waals surface area contributed by atoms with Crippen molar-refractivity contribution in [1.29, 1.82) is 0 Å². The van der Waals surface area contributed by atoms with E-state index in [0.29, 0.717) is 20.6 Å². The minimum Gasteiger partial charge on any atom is -0.325 e. The summed E-state index contributed by atoms with van der Waals surface area (Å²) in [5, 5.41) is 2.36. The monoisotopic (exact) mass is 629 g/mol. The highest BCUT2D eigenvalue weighted by Crippen LogP contribution is 2.53. The number of thioether (sulfide) groups is 1. The van der Waals surface area contributed by atoms with Crippen molar-refractivity contribution in [3.8, 4) is 0 Å². The SMILES string of the molecule is O=C(Cn1c2c(sc1=O)[C@@H](c1ccccc1)C1C(=O)N(c3ccc(Cl)cc3)C(=O)C1S2)Nc1cccc(C(F)(F)F)c1. The van der Waals surface area contributed by atoms with Crippen LogP contribution in [0.5, 0.6) is 0 Å². The van der Waals surface area contributed by atoms with E-state index in [1.54, 1.807) is 36.4 Å². The van der Waals surface area contributed by atoms with Gasteiger partial charge in [-0.3, -0.25) is 23.7 Å². The quantitative estimate of drug-likeness (QED) is 0.273. The Bertz CT molecular complexity index is 1770. The summed E-state index contributed by atoms with van der Waals surface area (Å²) in [6.07, 6.45) is -4.59. The Morgan fingerprint density at radius 1 is 0.929 bits per heavy atom. The van der Waals surface area contributed by atoms with Gasteiger partial charge in [0.25, 0.3) is 0 Å². The van der Waals surface area contributed by atoms with Gasteiger partial charge < -0.3 is 5.32 Å². The Kier molecular flexibility index (Phi) is 7.24. The van der Waals surface area contributed by atoms with Crippen LogP contribution in [-0.2, 0) is 27.1 Å². The molecular formula is C29H19ClF3N3O4S2. The van der Waals surface area contributed by atoms with Crippen LogP contribution in [0.15, 0.2) is 88.7 Å². The summed E-state index contributed by atoms with van der Waals surface area (Å²) in [5.74, 6) is -3.02. The molecule has 0 bridgehead atoms. The lowest BCUT2D eigenvalue weighted by atomic mass is 9.83. The van der Waals surface area contributed by atoms with Crippen LogP contribution in [0, 0.1) is 5.92 Å². The fourth-order valence-electron chi connectivity index (χ4n) is 5.24. The van der Waals surface area contributed by atoms with Crippen LogP contribution in [0.4, 0.5) is 24.5 Å². The minimum atomic E-state index is -4.59. The van der Waals surface area contributed by atoms with Crippen LogP contribution >= 0.6 is 34.7 Å². The molecular weight excluding hydrogens is 611 g/mol. The normalized spacial score (nSPS) is 19.9. The Labute approximate surface area is 249 Å². The molecule has 2 unspecified atom stereocenters. The number of nitrogens with zero attached hydrogens (tertiary/aromatic N) is 2. The molecule has 13 heteroatoms. The number of imide groups is 1. The van der Waals surface area contributed by atoms with Gasteiger partial charge in [0.15, 0.2) is 0 Å². The lowest BCUT2D eigenvalue weighted by Gasteiger charge is -2.30. The first kappa shape index (κ1) is 28.3. The second-order valence-electron chi connectivity index (χ2n) is 9.69. The second-order valence-corrected chi connectivity index (χ2v) is 12.3. The van der Waals surface area contributed by atoms with Crippen LogP contribution in [0.2, 0.25) is 5.02 Å². The van der Waals surface area contributed by atoms with Gasteiger partial charge in [-0.25, -0.2) is 4.90 Å². The van der Waals surface area contributed by atoms with E-state index in [1.807, 2.05) is 18.2 Å². The van der Waals surface area contributed by atoms with Gasteiger partial charge in [-0.1, -0.05) is 71.1 Å². The van der Waals surface area contributed by atoms with E-state index in [2.05, 4.69) is 5.32 Å². The molecule has 0 aliphatic carbocycles. The Morgan fingerprint density at radius 3 is 2.33 bits per heavy atom. The summed E-state index contributed by atoms with van der Waals surface area (Å²) >= 11 is 7.94. The van der Waals surface area contributed by atoms with Gasteiger partial charge in [0.05, 0.1) is 22.2 Å². The number of nitrogens with one attached hydrogen (secondary N) is 1. The fourth-order valence-corrected chi connectivity index (χ4v) is 8.14. The third-order valence-electron chi connectivity index (χ3n) is 7.07. The van der Waals surface area contributed by atoms with Crippen LogP contribution in [0.25, 0.3) is 0 Å². The van der Waals surface area contributed by atoms with Crippen molar-refractivity contribution in [2.75, 3.05) is 10.2 Å². The van der Waals surface area contributed by atoms with Gasteiger partial charge in [0.1, 0.15) is 11.8 Å². The van der Waals surface area contributed by atoms with Crippen molar-refractivity contribution in [1.82, 2.24) is 4.57 Å². The van der Waals surface area contributed by atoms with Crippen LogP contribution in [0.1, 0.15) is 21.9 Å². The third kappa shape index (κ3) is 5.03. The number of hydrogen-bond donors (Lipinski definition) is 1. The van der Waals surface area contributed by atoms with Gasteiger partial charge >= 0.3 is 11.0 Å². The fraction of sp³-hybridized carbons (Fsp3) is 0.172. The number of aromatic nitrogens is 1. The first-order valence-corrected chi connectivity index (χ1v) is 14.7. The number of thiazole rings is 1. The lowest BCUT2D eigenvalue weighted by molar-refractivity contribution is -0.137. The average Bonchev–Trinajstić information content (AvgIpc) is 3.40. The van der Waals surface area contributed by atoms with Crippen LogP contribution in [-0.4, -0.2) is 27.5 Å². The number of amides is 3. The van der Waals surface area contributed by atoms with E-state index < -0.39 is 58.0 Å². The van der Waals surface area contributed by atoms with Crippen molar-refractivity contribution in [3.63, 3.8) is 0 Å². The van der Waals surface area contributed by atoms with E-state index in [1.165, 1.54) is 16.7 Å². The number of hydrogen-bond acceptors (Lipinski definition) is 6. The number of benzene rings is 3. The zero-order valence-electron chi connectivity index (χ0n) is 21.3. The number of halogens is 4. The predicted octanol–water partition coefficient (Wildman–Crippen LogP) is 6.02. The lowest BCUT2D eigenvalue weighted by Crippen LogP contribution is -2.33. The van der Waals surface area contributed by atoms with E-state index in [-0.39, 0.29) is 5.69 Å². The van der Waals surface area contributed by atoms with Gasteiger partial charge in [0.2, 0.25) is 17.7 Å². The second kappa shape index (κ2) is 10.8. The average molecular weight is 630 g/mol. The molecule has 1 aromatic heterocycles. The first-order chi connectivity index (χ1) is 20.0. The molecule has 3 amide bonds. The third-order valence-corrected chi connectivity index (χ3v) is 9.92. The highest BCUT2D eigenvalue weighted by Gasteiger charge is 2.56. The molecule has 0 spiro atoms. The summed E-state index contributed by atoms with van der Waals surface area (Å²) in [4.78, 5) is 54.9. The zero-order valence-corrected chi connectivity index (χ0v) is 23.7. The Balaban J connectivity index is 1.36. The summed E-state index contributed by atoms with van der Waals surface area (Å²) < 4.78 is 40.6. The van der Waals surface area contributed by atoms with Gasteiger partial charge in [0, 0.05) is 21.5 Å². The first-order valence-electron chi connectivity index (χ1n) is 12.6. The Hall–Kier alpha value is -3.87. The van der Waals surface area contributed by atoms with E-state index in [9.17, 15) is 32.3 Å². The molecule has 6 rings (SSSR count). The summed E-state index contributed by atoms with van der Waals surface area (Å²) in [6.45, 7) is -0.490. The highest BCUT2D eigenvalue weighted by atomic mass is 35.5. The van der Waals surface area contributed by atoms with Crippen LogP contribution < -0.4 is 15.1 Å². The maximum Gasteiger partial charge on any atom is 0.416 e. The number of fused-ring (bicyclic) bond motifs is 2. The summed E-state index contributed by atoms with van der Waals surface area (Å²) in [5.41, 5.74) is 0.108. The van der Waals surface area contributed by atoms with Crippen molar-refractivity contribution in [2.45, 2.75) is 28.9 Å². The van der Waals surface area contributed by atoms with E-state index in [0.717, 1.165) is 45.7 Å². The molecule has 214 valence electrons. The summed E-state index contributed by atoms with van der Waals surface area (Å²) in [7, 11) is 0. The number of carbonyl (C=O) groups is 3. The molecule has 3 aromatic carbocycles. The molecule has 2 aliphatic rings. The topological polar surface area (TPSA) is 88.5 Å². The molecule has 0 saturated carbocycles. The number of carbonyl (C=O) groups excluding carboxylic acids is 3. The minimum absolute atomic E-state index is 0.0722. The standard InChI is InChI=1S/C29H19ClF3N3O4S2/c30-17-9-11-19(12-10-17)36-25(38)22-21(15-5-2-1-3-6-15)24-27(41-23(22)26(36)39)35(28(40)42-24)14-20(37)34-18-8-4-7-16(13-18)29(31,32)33/h1-13,21-23H,14H2,(H,34,37)/t21-,22?,23?/m0/s1. The van der Waals surface area contributed by atoms with E-state index in [4.69, 9.17) is 11.6 Å². The molecule has 0 radical (unpaired) electrons. The predicted molar refractivity (Wildman–Crippen MR) is 154 cm³/mol. The number of alkyl halides is 3. The molecule has 1 fully saturated rings. The van der Waals surface area contributed by atoms with E-state index >= 15 is 0 Å². The highest BCUT2D eigenvalue weighted by molar-refractivity contribution is 8.00. The molecule has 7 nitrogen and oxygen atoms in total. The van der Waals surface area contributed by atoms with Gasteiger partial charge in [-0.2, -0.15) is 13.2 Å². The van der Waals surface area contributed by atoms with Gasteiger partial charge in [-0.05, 0) is 48.0 Å². The van der Waals surface area contributed by atoms with Gasteiger partial charge in [-0.15, -0.1) is 0 Å². The van der Waals surface area contributed by atoms with Crippen molar-refractivity contribution >= 4 is 63.8 Å². The number of anilines is 2. The largest absolute Gasteiger partial charge is 0.416 e.